The molecule has 5 heteroatoms. The van der Waals surface area contributed by atoms with Crippen LogP contribution in [-0.4, -0.2) is 27.8 Å². The van der Waals surface area contributed by atoms with Crippen LogP contribution in [0.2, 0.25) is 0 Å². The fourth-order valence-electron chi connectivity index (χ4n) is 1.74. The Bertz CT molecular complexity index is 516. The number of nitrogens with two attached hydrogens (primary N) is 1. The van der Waals surface area contributed by atoms with Gasteiger partial charge in [0, 0.05) is 12.1 Å². The third-order valence-electron chi connectivity index (χ3n) is 2.72. The number of methoxy groups -OCH3 is 1. The number of benzene rings is 1. The zero-order chi connectivity index (χ0) is 14.0. The normalized spacial score (nSPS) is 12.5. The van der Waals surface area contributed by atoms with Gasteiger partial charge in [-0.15, -0.1) is 0 Å². The van der Waals surface area contributed by atoms with Gasteiger partial charge in [-0.2, -0.15) is 0 Å². The lowest BCUT2D eigenvalue weighted by Gasteiger charge is -2.22. The highest BCUT2D eigenvalue weighted by atomic mass is 32.2. The van der Waals surface area contributed by atoms with E-state index in [1.54, 1.807) is 25.3 Å². The van der Waals surface area contributed by atoms with Gasteiger partial charge in [-0.3, -0.25) is 0 Å². The van der Waals surface area contributed by atoms with Crippen LogP contribution in [0.1, 0.15) is 26.3 Å². The summed E-state index contributed by atoms with van der Waals surface area (Å²) in [6, 6.07) is 4.95. The first kappa shape index (κ1) is 15.0. The van der Waals surface area contributed by atoms with E-state index >= 15 is 0 Å². The third kappa shape index (κ3) is 3.23. The summed E-state index contributed by atoms with van der Waals surface area (Å²) in [7, 11) is -1.72. The van der Waals surface area contributed by atoms with Crippen molar-refractivity contribution in [3.63, 3.8) is 0 Å². The quantitative estimate of drug-likeness (QED) is 0.905. The molecule has 0 bridgehead atoms. The fourth-order valence-corrected chi connectivity index (χ4v) is 2.86. The molecule has 2 N–H and O–H groups in total. The van der Waals surface area contributed by atoms with Crippen molar-refractivity contribution < 1.29 is 13.2 Å². The maximum absolute atomic E-state index is 12.0. The molecule has 0 saturated carbocycles. The van der Waals surface area contributed by atoms with Crippen molar-refractivity contribution >= 4 is 9.84 Å². The monoisotopic (exact) mass is 271 g/mol. The van der Waals surface area contributed by atoms with Gasteiger partial charge < -0.3 is 10.5 Å². The number of sulfone groups is 1. The molecule has 0 unspecified atom stereocenters. The Morgan fingerprint density at radius 3 is 2.33 bits per heavy atom. The van der Waals surface area contributed by atoms with Crippen LogP contribution in [0.5, 0.6) is 5.75 Å². The summed E-state index contributed by atoms with van der Waals surface area (Å²) in [5, 5.41) is 0. The molecule has 0 spiro atoms. The summed E-state index contributed by atoms with van der Waals surface area (Å²) in [4.78, 5) is 0.304. The Morgan fingerprint density at radius 1 is 1.28 bits per heavy atom. The summed E-state index contributed by atoms with van der Waals surface area (Å²) in [6.45, 7) is 6.18. The second-order valence-electron chi connectivity index (χ2n) is 5.22. The Morgan fingerprint density at radius 2 is 1.89 bits per heavy atom. The van der Waals surface area contributed by atoms with Gasteiger partial charge in [0.1, 0.15) is 5.75 Å². The van der Waals surface area contributed by atoms with Crippen LogP contribution >= 0.6 is 0 Å². The van der Waals surface area contributed by atoms with Crippen molar-refractivity contribution in [3.05, 3.63) is 23.8 Å². The highest BCUT2D eigenvalue weighted by molar-refractivity contribution is 7.91. The largest absolute Gasteiger partial charge is 0.496 e. The van der Waals surface area contributed by atoms with Crippen molar-refractivity contribution in [1.82, 2.24) is 0 Å². The molecule has 0 heterocycles. The minimum Gasteiger partial charge on any atom is -0.496 e. The lowest BCUT2D eigenvalue weighted by atomic mass is 9.86. The van der Waals surface area contributed by atoms with E-state index in [0.717, 1.165) is 5.56 Å². The molecule has 18 heavy (non-hydrogen) atoms. The van der Waals surface area contributed by atoms with Gasteiger partial charge in [-0.25, -0.2) is 8.42 Å². The average molecular weight is 271 g/mol. The van der Waals surface area contributed by atoms with Crippen LogP contribution in [0, 0.1) is 0 Å². The summed E-state index contributed by atoms with van der Waals surface area (Å²) < 4.78 is 29.3. The SMILES string of the molecule is COc1ccc(S(=O)(=O)CCN)cc1C(C)(C)C. The highest BCUT2D eigenvalue weighted by Gasteiger charge is 2.22. The fraction of sp³-hybridized carbons (Fsp3) is 0.538. The van der Waals surface area contributed by atoms with E-state index < -0.39 is 9.84 Å². The van der Waals surface area contributed by atoms with E-state index in [1.807, 2.05) is 20.8 Å². The summed E-state index contributed by atoms with van der Waals surface area (Å²) in [6.07, 6.45) is 0. The van der Waals surface area contributed by atoms with Gasteiger partial charge in [0.15, 0.2) is 9.84 Å². The van der Waals surface area contributed by atoms with Crippen molar-refractivity contribution in [2.24, 2.45) is 5.73 Å². The number of hydrogen-bond donors (Lipinski definition) is 1. The van der Waals surface area contributed by atoms with Crippen LogP contribution in [0.4, 0.5) is 0 Å². The van der Waals surface area contributed by atoms with E-state index in [-0.39, 0.29) is 17.7 Å². The molecule has 0 aliphatic heterocycles. The lowest BCUT2D eigenvalue weighted by Crippen LogP contribution is -2.18. The van der Waals surface area contributed by atoms with Gasteiger partial charge >= 0.3 is 0 Å². The molecule has 102 valence electrons. The third-order valence-corrected chi connectivity index (χ3v) is 4.47. The summed E-state index contributed by atoms with van der Waals surface area (Å²) in [5.41, 5.74) is 6.02. The molecule has 0 aromatic heterocycles. The predicted octanol–water partition coefficient (Wildman–Crippen LogP) is 1.73. The topological polar surface area (TPSA) is 69.4 Å². The van der Waals surface area contributed by atoms with Gasteiger partial charge in [0.2, 0.25) is 0 Å². The first-order valence-corrected chi connectivity index (χ1v) is 7.49. The lowest BCUT2D eigenvalue weighted by molar-refractivity contribution is 0.397. The molecule has 4 nitrogen and oxygen atoms in total. The Balaban J connectivity index is 3.36. The van der Waals surface area contributed by atoms with E-state index in [2.05, 4.69) is 0 Å². The Kier molecular flexibility index (Phi) is 4.40. The smallest absolute Gasteiger partial charge is 0.179 e. The van der Waals surface area contributed by atoms with E-state index in [0.29, 0.717) is 10.6 Å². The Labute approximate surface area is 109 Å². The van der Waals surface area contributed by atoms with Crippen LogP contribution in [0.15, 0.2) is 23.1 Å². The zero-order valence-electron chi connectivity index (χ0n) is 11.4. The summed E-state index contributed by atoms with van der Waals surface area (Å²) >= 11 is 0. The molecular formula is C13H21NO3S. The number of ether oxygens (including phenoxy) is 1. The maximum atomic E-state index is 12.0. The van der Waals surface area contributed by atoms with Crippen molar-refractivity contribution in [2.75, 3.05) is 19.4 Å². The van der Waals surface area contributed by atoms with E-state index in [1.165, 1.54) is 0 Å². The average Bonchev–Trinajstić information content (AvgIpc) is 2.27. The molecular weight excluding hydrogens is 250 g/mol. The number of rotatable bonds is 4. The molecule has 0 aliphatic carbocycles. The second-order valence-corrected chi connectivity index (χ2v) is 7.33. The van der Waals surface area contributed by atoms with Gasteiger partial charge in [0.05, 0.1) is 17.8 Å². The Hall–Kier alpha value is -1.07. The standard InChI is InChI=1S/C13H21NO3S/c1-13(2,3)11-9-10(5-6-12(11)17-4)18(15,16)8-7-14/h5-6,9H,7-8,14H2,1-4H3. The van der Waals surface area contributed by atoms with Crippen LogP contribution in [0.25, 0.3) is 0 Å². The molecule has 1 aromatic carbocycles. The molecule has 0 saturated heterocycles. The predicted molar refractivity (Wildman–Crippen MR) is 72.8 cm³/mol. The zero-order valence-corrected chi connectivity index (χ0v) is 12.2. The van der Waals surface area contributed by atoms with Crippen molar-refractivity contribution in [2.45, 2.75) is 31.1 Å². The first-order valence-electron chi connectivity index (χ1n) is 5.83. The minimum absolute atomic E-state index is 0.0388. The highest BCUT2D eigenvalue weighted by Crippen LogP contribution is 2.33. The van der Waals surface area contributed by atoms with Crippen molar-refractivity contribution in [3.8, 4) is 5.75 Å². The second kappa shape index (κ2) is 5.28. The van der Waals surface area contributed by atoms with Crippen molar-refractivity contribution in [1.29, 1.82) is 0 Å². The molecule has 1 rings (SSSR count). The van der Waals surface area contributed by atoms with Gasteiger partial charge in [-0.05, 0) is 23.6 Å². The van der Waals surface area contributed by atoms with Gasteiger partial charge in [-0.1, -0.05) is 20.8 Å². The molecule has 0 fully saturated rings. The first-order chi connectivity index (χ1) is 8.22. The minimum atomic E-state index is -3.30. The molecule has 0 amide bonds. The molecule has 0 atom stereocenters. The molecule has 1 aromatic rings. The maximum Gasteiger partial charge on any atom is 0.179 e. The molecule has 0 aliphatic rings. The number of hydrogen-bond acceptors (Lipinski definition) is 4. The molecule has 0 radical (unpaired) electrons. The van der Waals surface area contributed by atoms with Crippen LogP contribution in [0.3, 0.4) is 0 Å². The summed E-state index contributed by atoms with van der Waals surface area (Å²) in [5.74, 6) is 0.664. The van der Waals surface area contributed by atoms with E-state index in [9.17, 15) is 8.42 Å². The van der Waals surface area contributed by atoms with Crippen LogP contribution < -0.4 is 10.5 Å². The van der Waals surface area contributed by atoms with Gasteiger partial charge in [0.25, 0.3) is 0 Å². The van der Waals surface area contributed by atoms with Crippen LogP contribution in [-0.2, 0) is 15.3 Å². The van der Waals surface area contributed by atoms with E-state index in [4.69, 9.17) is 10.5 Å².